The normalized spacial score (nSPS) is 20.2. The molecule has 4 rings (SSSR count). The number of nitrogens with one attached hydrogen (secondary N) is 2. The van der Waals surface area contributed by atoms with Gasteiger partial charge in [0.25, 0.3) is 5.91 Å². The number of nitrogens with zero attached hydrogens (tertiary/aromatic N) is 2. The maximum Gasteiger partial charge on any atom is 0.258 e. The number of nitrogens with two attached hydrogens (primary N) is 1. The van der Waals surface area contributed by atoms with Crippen LogP contribution in [0.5, 0.6) is 0 Å². The highest BCUT2D eigenvalue weighted by atomic mass is 35.5. The van der Waals surface area contributed by atoms with E-state index in [2.05, 4.69) is 15.6 Å². The van der Waals surface area contributed by atoms with Crippen LogP contribution in [0.4, 0.5) is 15.9 Å². The lowest BCUT2D eigenvalue weighted by molar-refractivity contribution is -0.123. The van der Waals surface area contributed by atoms with Gasteiger partial charge in [0.2, 0.25) is 5.91 Å². The van der Waals surface area contributed by atoms with Gasteiger partial charge in [0.1, 0.15) is 11.6 Å². The van der Waals surface area contributed by atoms with Gasteiger partial charge in [0.05, 0.1) is 10.6 Å². The van der Waals surface area contributed by atoms with Crippen LogP contribution >= 0.6 is 11.6 Å². The fourth-order valence-corrected chi connectivity index (χ4v) is 4.48. The van der Waals surface area contributed by atoms with Crippen LogP contribution in [0.25, 0.3) is 11.1 Å². The highest BCUT2D eigenvalue weighted by Gasteiger charge is 2.44. The molecule has 0 saturated carbocycles. The molecular weight excluding hydrogens is 397 g/mol. The zero-order valence-electron chi connectivity index (χ0n) is 16.1. The summed E-state index contributed by atoms with van der Waals surface area (Å²) in [5.74, 6) is -0.624. The molecular formula is C20H21ClFN5O2. The zero-order chi connectivity index (χ0) is 20.9. The van der Waals surface area contributed by atoms with E-state index < -0.39 is 17.1 Å². The molecule has 3 heterocycles. The van der Waals surface area contributed by atoms with E-state index >= 15 is 4.39 Å². The van der Waals surface area contributed by atoms with Gasteiger partial charge in [-0.3, -0.25) is 9.59 Å². The molecule has 2 amide bonds. The first-order valence-electron chi connectivity index (χ1n) is 9.25. The van der Waals surface area contributed by atoms with Gasteiger partial charge >= 0.3 is 0 Å². The maximum absolute atomic E-state index is 15.4. The number of rotatable bonds is 2. The van der Waals surface area contributed by atoms with E-state index in [1.54, 1.807) is 0 Å². The van der Waals surface area contributed by atoms with Crippen molar-refractivity contribution in [3.05, 3.63) is 40.3 Å². The largest absolute Gasteiger partial charge is 0.398 e. The molecule has 0 bridgehead atoms. The second-order valence-electron chi connectivity index (χ2n) is 7.71. The van der Waals surface area contributed by atoms with Crippen LogP contribution in [0.1, 0.15) is 28.8 Å². The summed E-state index contributed by atoms with van der Waals surface area (Å²) >= 11 is 6.77. The second kappa shape index (κ2) is 6.88. The van der Waals surface area contributed by atoms with Gasteiger partial charge in [-0.2, -0.15) is 0 Å². The SMILES string of the molecule is CN(C)C(=O)c1c(N)ccc(-c2cnc3c(c2Cl)[C@]2(CCC(=O)NC2)CN3)c1F. The van der Waals surface area contributed by atoms with E-state index in [0.717, 1.165) is 5.56 Å². The van der Waals surface area contributed by atoms with E-state index in [9.17, 15) is 9.59 Å². The lowest BCUT2D eigenvalue weighted by Gasteiger charge is -2.34. The minimum Gasteiger partial charge on any atom is -0.398 e. The minimum absolute atomic E-state index is 0.000676. The minimum atomic E-state index is -0.732. The van der Waals surface area contributed by atoms with Crippen molar-refractivity contribution in [1.29, 1.82) is 0 Å². The van der Waals surface area contributed by atoms with Crippen molar-refractivity contribution >= 4 is 34.9 Å². The highest BCUT2D eigenvalue weighted by molar-refractivity contribution is 6.34. The number of carbonyl (C=O) groups excluding carboxylic acids is 2. The Labute approximate surface area is 172 Å². The number of aromatic nitrogens is 1. The summed E-state index contributed by atoms with van der Waals surface area (Å²) < 4.78 is 15.4. The van der Waals surface area contributed by atoms with Gasteiger partial charge in [0, 0.05) is 67.6 Å². The summed E-state index contributed by atoms with van der Waals surface area (Å²) in [6.45, 7) is 1.03. The van der Waals surface area contributed by atoms with Crippen LogP contribution in [0.15, 0.2) is 18.3 Å². The summed E-state index contributed by atoms with van der Waals surface area (Å²) in [7, 11) is 3.06. The number of amides is 2. The first kappa shape index (κ1) is 19.4. The number of anilines is 2. The lowest BCUT2D eigenvalue weighted by Crippen LogP contribution is -2.47. The summed E-state index contributed by atoms with van der Waals surface area (Å²) in [4.78, 5) is 29.8. The topological polar surface area (TPSA) is 100 Å². The van der Waals surface area contributed by atoms with Crippen LogP contribution in [-0.2, 0) is 10.2 Å². The second-order valence-corrected chi connectivity index (χ2v) is 8.09. The number of carbonyl (C=O) groups is 2. The fourth-order valence-electron chi connectivity index (χ4n) is 4.04. The Morgan fingerprint density at radius 1 is 1.28 bits per heavy atom. The number of hydrogen-bond acceptors (Lipinski definition) is 5. The van der Waals surface area contributed by atoms with Crippen molar-refractivity contribution < 1.29 is 14.0 Å². The van der Waals surface area contributed by atoms with Gasteiger partial charge in [-0.15, -0.1) is 0 Å². The van der Waals surface area contributed by atoms with Crippen molar-refractivity contribution in [3.63, 3.8) is 0 Å². The molecule has 1 aromatic heterocycles. The van der Waals surface area contributed by atoms with Gasteiger partial charge < -0.3 is 21.3 Å². The molecule has 1 aromatic carbocycles. The van der Waals surface area contributed by atoms with Crippen molar-refractivity contribution in [1.82, 2.24) is 15.2 Å². The fraction of sp³-hybridized carbons (Fsp3) is 0.350. The lowest BCUT2D eigenvalue weighted by atomic mass is 9.76. The van der Waals surface area contributed by atoms with Crippen molar-refractivity contribution in [2.24, 2.45) is 0 Å². The van der Waals surface area contributed by atoms with Crippen molar-refractivity contribution in [3.8, 4) is 11.1 Å². The molecule has 4 N–H and O–H groups in total. The van der Waals surface area contributed by atoms with E-state index in [0.29, 0.717) is 42.3 Å². The van der Waals surface area contributed by atoms with E-state index in [1.807, 2.05) is 0 Å². The molecule has 2 aliphatic rings. The number of pyridine rings is 1. The molecule has 0 radical (unpaired) electrons. The Morgan fingerprint density at radius 2 is 2.00 bits per heavy atom. The van der Waals surface area contributed by atoms with E-state index in [1.165, 1.54) is 37.3 Å². The smallest absolute Gasteiger partial charge is 0.258 e. The molecule has 1 atom stereocenters. The Hall–Kier alpha value is -2.87. The van der Waals surface area contributed by atoms with Crippen LogP contribution in [0, 0.1) is 5.82 Å². The summed E-state index contributed by atoms with van der Waals surface area (Å²) in [5.41, 5.74) is 6.66. The molecule has 29 heavy (non-hydrogen) atoms. The van der Waals surface area contributed by atoms with Crippen LogP contribution in [-0.4, -0.2) is 48.9 Å². The van der Waals surface area contributed by atoms with Crippen molar-refractivity contribution in [2.75, 3.05) is 38.2 Å². The number of fused-ring (bicyclic) bond motifs is 2. The number of hydrogen-bond donors (Lipinski definition) is 3. The monoisotopic (exact) mass is 417 g/mol. The standard InChI is InChI=1S/C20H21ClFN5O2/c1-27(2)19(29)14-12(23)4-3-10(17(14)22)11-7-24-18-15(16(11)21)20(9-26-18)6-5-13(28)25-8-20/h3-4,7H,5-6,8-9,23H2,1-2H3,(H,24,26)(H,25,28)/t20-/m0/s1. The predicted molar refractivity (Wildman–Crippen MR) is 109 cm³/mol. The average molecular weight is 418 g/mol. The molecule has 0 unspecified atom stereocenters. The van der Waals surface area contributed by atoms with E-state index in [-0.39, 0.29) is 22.7 Å². The van der Waals surface area contributed by atoms with Gasteiger partial charge in [-0.05, 0) is 18.6 Å². The van der Waals surface area contributed by atoms with Crippen LogP contribution in [0.2, 0.25) is 5.02 Å². The number of benzene rings is 1. The zero-order valence-corrected chi connectivity index (χ0v) is 16.9. The number of halogens is 2. The average Bonchev–Trinajstić information content (AvgIpc) is 3.04. The molecule has 1 fully saturated rings. The summed E-state index contributed by atoms with van der Waals surface area (Å²) in [6, 6.07) is 3.00. The molecule has 1 saturated heterocycles. The Balaban J connectivity index is 1.86. The summed E-state index contributed by atoms with van der Waals surface area (Å²) in [6.07, 6.45) is 2.50. The third-order valence-corrected chi connectivity index (χ3v) is 6.07. The summed E-state index contributed by atoms with van der Waals surface area (Å²) in [5, 5.41) is 6.50. The van der Waals surface area contributed by atoms with Crippen LogP contribution < -0.4 is 16.4 Å². The van der Waals surface area contributed by atoms with Gasteiger partial charge in [-0.1, -0.05) is 11.6 Å². The molecule has 2 aliphatic heterocycles. The maximum atomic E-state index is 15.4. The quantitative estimate of drug-likeness (QED) is 0.651. The highest BCUT2D eigenvalue weighted by Crippen LogP contribution is 2.47. The first-order chi connectivity index (χ1) is 13.7. The predicted octanol–water partition coefficient (Wildman–Crippen LogP) is 2.40. The van der Waals surface area contributed by atoms with Gasteiger partial charge in [0.15, 0.2) is 0 Å². The number of nitrogen functional groups attached to an aromatic ring is 1. The Kier molecular flexibility index (Phi) is 4.61. The number of piperidine rings is 1. The molecule has 7 nitrogen and oxygen atoms in total. The molecule has 0 aliphatic carbocycles. The van der Waals surface area contributed by atoms with E-state index in [4.69, 9.17) is 17.3 Å². The molecule has 1 spiro atoms. The van der Waals surface area contributed by atoms with Gasteiger partial charge in [-0.25, -0.2) is 9.37 Å². The molecule has 2 aromatic rings. The first-order valence-corrected chi connectivity index (χ1v) is 9.62. The van der Waals surface area contributed by atoms with Crippen LogP contribution in [0.3, 0.4) is 0 Å². The molecule has 9 heteroatoms. The Morgan fingerprint density at radius 3 is 2.66 bits per heavy atom. The molecule has 152 valence electrons. The third-order valence-electron chi connectivity index (χ3n) is 5.68. The third kappa shape index (κ3) is 2.98. The Bertz CT molecular complexity index is 1030. The van der Waals surface area contributed by atoms with Crippen molar-refractivity contribution in [2.45, 2.75) is 18.3 Å².